The van der Waals surface area contributed by atoms with Crippen LogP contribution in [-0.4, -0.2) is 16.8 Å². The third-order valence-corrected chi connectivity index (χ3v) is 2.31. The molecule has 0 aliphatic carbocycles. The molecule has 1 unspecified atom stereocenters. The minimum Gasteiger partial charge on any atom is -0.505 e. The lowest BCUT2D eigenvalue weighted by molar-refractivity contribution is 0.245. The highest BCUT2D eigenvalue weighted by Crippen LogP contribution is 2.33. The number of nitrogen functional groups attached to an aromatic ring is 1. The second-order valence-corrected chi connectivity index (χ2v) is 3.63. The van der Waals surface area contributed by atoms with Crippen molar-refractivity contribution in [2.75, 3.05) is 12.3 Å². The van der Waals surface area contributed by atoms with Crippen molar-refractivity contribution in [3.05, 3.63) is 23.8 Å². The summed E-state index contributed by atoms with van der Waals surface area (Å²) >= 11 is 0. The highest BCUT2D eigenvalue weighted by Gasteiger charge is 2.24. The van der Waals surface area contributed by atoms with E-state index in [1.54, 1.807) is 25.1 Å². The zero-order chi connectivity index (χ0) is 10.8. The predicted molar refractivity (Wildman–Crippen MR) is 55.8 cm³/mol. The summed E-state index contributed by atoms with van der Waals surface area (Å²) in [5.41, 5.74) is 11.6. The van der Waals surface area contributed by atoms with Gasteiger partial charge in [0.15, 0.2) is 0 Å². The molecule has 0 spiro atoms. The summed E-state index contributed by atoms with van der Waals surface area (Å²) in [5.74, 6) is 0.00551. The van der Waals surface area contributed by atoms with E-state index in [4.69, 9.17) is 16.6 Å². The first-order valence-electron chi connectivity index (χ1n) is 4.46. The van der Waals surface area contributed by atoms with Crippen LogP contribution in [0.1, 0.15) is 18.9 Å². The van der Waals surface area contributed by atoms with Crippen molar-refractivity contribution in [2.24, 2.45) is 5.73 Å². The fraction of sp³-hybridized carbons (Fsp3) is 0.400. The summed E-state index contributed by atoms with van der Waals surface area (Å²) in [6.45, 7) is 1.72. The second kappa shape index (κ2) is 3.86. The van der Waals surface area contributed by atoms with Crippen LogP contribution in [0.3, 0.4) is 0 Å². The van der Waals surface area contributed by atoms with Crippen molar-refractivity contribution in [3.63, 3.8) is 0 Å². The molecule has 4 heteroatoms. The van der Waals surface area contributed by atoms with Crippen LogP contribution in [0.5, 0.6) is 5.75 Å². The molecule has 0 saturated carbocycles. The fourth-order valence-corrected chi connectivity index (χ4v) is 1.39. The molecular weight excluding hydrogens is 180 g/mol. The number of anilines is 1. The number of para-hydroxylation sites is 1. The van der Waals surface area contributed by atoms with Crippen LogP contribution < -0.4 is 11.5 Å². The van der Waals surface area contributed by atoms with E-state index in [9.17, 15) is 5.11 Å². The molecule has 0 bridgehead atoms. The van der Waals surface area contributed by atoms with E-state index in [0.29, 0.717) is 17.7 Å². The topological polar surface area (TPSA) is 92.5 Å². The number of aromatic hydroxyl groups is 1. The monoisotopic (exact) mass is 196 g/mol. The van der Waals surface area contributed by atoms with Gasteiger partial charge in [0.05, 0.1) is 5.69 Å². The van der Waals surface area contributed by atoms with Gasteiger partial charge in [0.1, 0.15) is 5.75 Å². The zero-order valence-electron chi connectivity index (χ0n) is 8.20. The van der Waals surface area contributed by atoms with E-state index in [0.717, 1.165) is 0 Å². The van der Waals surface area contributed by atoms with Crippen molar-refractivity contribution in [1.29, 1.82) is 0 Å². The van der Waals surface area contributed by atoms with E-state index in [2.05, 4.69) is 0 Å². The Hall–Kier alpha value is -1.26. The van der Waals surface area contributed by atoms with Gasteiger partial charge in [-0.1, -0.05) is 12.1 Å². The SMILES string of the molecule is CC(N)(CCO)c1cccc(N)c1O. The molecule has 0 radical (unpaired) electrons. The molecule has 1 atom stereocenters. The Morgan fingerprint density at radius 1 is 1.43 bits per heavy atom. The molecule has 0 aliphatic heterocycles. The van der Waals surface area contributed by atoms with Gasteiger partial charge in [-0.3, -0.25) is 0 Å². The summed E-state index contributed by atoms with van der Waals surface area (Å²) in [7, 11) is 0. The van der Waals surface area contributed by atoms with E-state index in [1.807, 2.05) is 0 Å². The molecule has 1 aromatic rings. The zero-order valence-corrected chi connectivity index (χ0v) is 8.20. The number of nitrogens with two attached hydrogens (primary N) is 2. The molecule has 0 aromatic heterocycles. The van der Waals surface area contributed by atoms with Crippen molar-refractivity contribution in [2.45, 2.75) is 18.9 Å². The van der Waals surface area contributed by atoms with Gasteiger partial charge in [0, 0.05) is 17.7 Å². The van der Waals surface area contributed by atoms with Crippen molar-refractivity contribution >= 4 is 5.69 Å². The Labute approximate surface area is 83.2 Å². The van der Waals surface area contributed by atoms with Gasteiger partial charge in [0.2, 0.25) is 0 Å². The minimum atomic E-state index is -0.756. The molecule has 0 amide bonds. The molecule has 0 heterocycles. The standard InChI is InChI=1S/C10H16N2O2/c1-10(12,5-6-13)7-3-2-4-8(11)9(7)14/h2-4,13-14H,5-6,11-12H2,1H3. The van der Waals surface area contributed by atoms with Crippen molar-refractivity contribution in [3.8, 4) is 5.75 Å². The molecule has 1 aromatic carbocycles. The lowest BCUT2D eigenvalue weighted by atomic mass is 9.89. The summed E-state index contributed by atoms with van der Waals surface area (Å²) in [6.07, 6.45) is 0.379. The average Bonchev–Trinajstić information content (AvgIpc) is 2.09. The Bertz CT molecular complexity index is 324. The van der Waals surface area contributed by atoms with Gasteiger partial charge >= 0.3 is 0 Å². The van der Waals surface area contributed by atoms with E-state index in [1.165, 1.54) is 0 Å². The molecule has 4 nitrogen and oxygen atoms in total. The summed E-state index contributed by atoms with van der Waals surface area (Å²) in [4.78, 5) is 0. The van der Waals surface area contributed by atoms with Crippen molar-refractivity contribution in [1.82, 2.24) is 0 Å². The quantitative estimate of drug-likeness (QED) is 0.419. The normalized spacial score (nSPS) is 15.1. The first kappa shape index (κ1) is 10.8. The van der Waals surface area contributed by atoms with Crippen LogP contribution in [0.4, 0.5) is 5.69 Å². The third kappa shape index (κ3) is 1.97. The maximum absolute atomic E-state index is 9.67. The smallest absolute Gasteiger partial charge is 0.143 e. The number of rotatable bonds is 3. The van der Waals surface area contributed by atoms with E-state index < -0.39 is 5.54 Å². The number of phenols is 1. The fourth-order valence-electron chi connectivity index (χ4n) is 1.39. The third-order valence-electron chi connectivity index (χ3n) is 2.31. The van der Waals surface area contributed by atoms with Crippen LogP contribution in [-0.2, 0) is 5.54 Å². The number of benzene rings is 1. The van der Waals surface area contributed by atoms with Gasteiger partial charge in [-0.05, 0) is 19.4 Å². The largest absolute Gasteiger partial charge is 0.505 e. The lowest BCUT2D eigenvalue weighted by Gasteiger charge is -2.25. The lowest BCUT2D eigenvalue weighted by Crippen LogP contribution is -2.34. The van der Waals surface area contributed by atoms with E-state index >= 15 is 0 Å². The molecule has 78 valence electrons. The molecule has 14 heavy (non-hydrogen) atoms. The molecule has 6 N–H and O–H groups in total. The van der Waals surface area contributed by atoms with Gasteiger partial charge in [-0.15, -0.1) is 0 Å². The molecule has 1 rings (SSSR count). The van der Waals surface area contributed by atoms with Crippen LogP contribution in [0.2, 0.25) is 0 Å². The Morgan fingerprint density at radius 2 is 2.07 bits per heavy atom. The van der Waals surface area contributed by atoms with Gasteiger partial charge < -0.3 is 21.7 Å². The molecule has 0 saturated heterocycles. The first-order valence-corrected chi connectivity index (χ1v) is 4.46. The number of phenolic OH excluding ortho intramolecular Hbond substituents is 1. The van der Waals surface area contributed by atoms with Crippen LogP contribution in [0, 0.1) is 0 Å². The summed E-state index contributed by atoms with van der Waals surface area (Å²) in [5, 5.41) is 18.5. The summed E-state index contributed by atoms with van der Waals surface area (Å²) in [6, 6.07) is 5.04. The van der Waals surface area contributed by atoms with Gasteiger partial charge in [-0.2, -0.15) is 0 Å². The van der Waals surface area contributed by atoms with E-state index in [-0.39, 0.29) is 12.4 Å². The molecular formula is C10H16N2O2. The Morgan fingerprint density at radius 3 is 2.64 bits per heavy atom. The van der Waals surface area contributed by atoms with Crippen LogP contribution in [0.25, 0.3) is 0 Å². The maximum atomic E-state index is 9.67. The highest BCUT2D eigenvalue weighted by molar-refractivity contribution is 5.57. The minimum absolute atomic E-state index is 0.00551. The highest BCUT2D eigenvalue weighted by atomic mass is 16.3. The maximum Gasteiger partial charge on any atom is 0.143 e. The first-order chi connectivity index (χ1) is 6.49. The number of hydrogen-bond donors (Lipinski definition) is 4. The van der Waals surface area contributed by atoms with Crippen molar-refractivity contribution < 1.29 is 10.2 Å². The van der Waals surface area contributed by atoms with Gasteiger partial charge in [-0.25, -0.2) is 0 Å². The molecule has 0 aliphatic rings. The van der Waals surface area contributed by atoms with Crippen LogP contribution >= 0.6 is 0 Å². The predicted octanol–water partition coefficient (Wildman–Crippen LogP) is 0.531. The number of aliphatic hydroxyl groups excluding tert-OH is 1. The Balaban J connectivity index is 3.12. The van der Waals surface area contributed by atoms with Crippen LogP contribution in [0.15, 0.2) is 18.2 Å². The summed E-state index contributed by atoms with van der Waals surface area (Å²) < 4.78 is 0. The second-order valence-electron chi connectivity index (χ2n) is 3.63. The average molecular weight is 196 g/mol. The number of hydrogen-bond acceptors (Lipinski definition) is 4. The number of aliphatic hydroxyl groups is 1. The molecule has 0 fully saturated rings. The van der Waals surface area contributed by atoms with Gasteiger partial charge in [0.25, 0.3) is 0 Å². The Kier molecular flexibility index (Phi) is 2.98.